The maximum atomic E-state index is 5.92. The molecule has 0 radical (unpaired) electrons. The molecule has 4 nitrogen and oxygen atoms in total. The van der Waals surface area contributed by atoms with Gasteiger partial charge >= 0.3 is 0 Å². The van der Waals surface area contributed by atoms with Crippen LogP contribution in [-0.2, 0) is 13.0 Å². The summed E-state index contributed by atoms with van der Waals surface area (Å²) < 4.78 is 5.92. The van der Waals surface area contributed by atoms with Gasteiger partial charge in [-0.25, -0.2) is 9.97 Å². The zero-order chi connectivity index (χ0) is 14.1. The number of nitrogens with zero attached hydrogens (tertiary/aromatic N) is 3. The first-order chi connectivity index (χ1) is 10.4. The number of fused-ring (bicyclic) bond motifs is 1. The Hall–Kier alpha value is -2.62. The smallest absolute Gasteiger partial charge is 0.226 e. The molecule has 3 heterocycles. The maximum absolute atomic E-state index is 5.92. The molecule has 0 spiro atoms. The van der Waals surface area contributed by atoms with Crippen LogP contribution in [0.3, 0.4) is 0 Å². The molecule has 0 atom stereocenters. The maximum Gasteiger partial charge on any atom is 0.226 e. The Kier molecular flexibility index (Phi) is 2.92. The summed E-state index contributed by atoms with van der Waals surface area (Å²) in [5, 5.41) is 0. The Morgan fingerprint density at radius 2 is 1.86 bits per heavy atom. The number of anilines is 1. The molecule has 0 saturated heterocycles. The largest absolute Gasteiger partial charge is 0.441 e. The van der Waals surface area contributed by atoms with Gasteiger partial charge in [-0.3, -0.25) is 0 Å². The monoisotopic (exact) mass is 277 g/mol. The molecule has 104 valence electrons. The Bertz CT molecular complexity index is 737. The molecule has 4 rings (SSSR count). The predicted molar refractivity (Wildman–Crippen MR) is 80.9 cm³/mol. The first-order valence-electron chi connectivity index (χ1n) is 7.10. The highest BCUT2D eigenvalue weighted by Crippen LogP contribution is 2.27. The van der Waals surface area contributed by atoms with Crippen molar-refractivity contribution in [3.63, 3.8) is 0 Å². The lowest BCUT2D eigenvalue weighted by Gasteiger charge is -2.26. The van der Waals surface area contributed by atoms with E-state index in [0.717, 1.165) is 42.3 Å². The molecular weight excluding hydrogens is 262 g/mol. The van der Waals surface area contributed by atoms with Crippen molar-refractivity contribution < 1.29 is 4.42 Å². The Morgan fingerprint density at radius 3 is 2.67 bits per heavy atom. The highest BCUT2D eigenvalue weighted by Gasteiger charge is 2.23. The van der Waals surface area contributed by atoms with Gasteiger partial charge in [0.25, 0.3) is 0 Å². The summed E-state index contributed by atoms with van der Waals surface area (Å²) in [5.41, 5.74) is 2.04. The quantitative estimate of drug-likeness (QED) is 0.720. The predicted octanol–water partition coefficient (Wildman–Crippen LogP) is 3.30. The van der Waals surface area contributed by atoms with E-state index in [1.54, 1.807) is 0 Å². The van der Waals surface area contributed by atoms with Gasteiger partial charge in [0, 0.05) is 24.7 Å². The van der Waals surface area contributed by atoms with Crippen molar-refractivity contribution in [3.8, 4) is 11.5 Å². The van der Waals surface area contributed by atoms with E-state index in [4.69, 9.17) is 4.42 Å². The molecule has 21 heavy (non-hydrogen) atoms. The summed E-state index contributed by atoms with van der Waals surface area (Å²) in [6.45, 7) is 1.66. The van der Waals surface area contributed by atoms with Gasteiger partial charge in [-0.05, 0) is 24.3 Å². The van der Waals surface area contributed by atoms with Crippen LogP contribution >= 0.6 is 0 Å². The Balaban J connectivity index is 1.63. The molecule has 1 aromatic carbocycles. The van der Waals surface area contributed by atoms with Gasteiger partial charge in [0.1, 0.15) is 17.3 Å². The van der Waals surface area contributed by atoms with Gasteiger partial charge in [0.05, 0.1) is 6.54 Å². The van der Waals surface area contributed by atoms with E-state index < -0.39 is 0 Å². The Morgan fingerprint density at radius 1 is 1.00 bits per heavy atom. The van der Waals surface area contributed by atoms with Crippen molar-refractivity contribution in [2.45, 2.75) is 13.0 Å². The van der Waals surface area contributed by atoms with Crippen molar-refractivity contribution in [1.29, 1.82) is 0 Å². The van der Waals surface area contributed by atoms with E-state index in [2.05, 4.69) is 14.9 Å². The second kappa shape index (κ2) is 5.05. The number of hydrogen-bond acceptors (Lipinski definition) is 4. The van der Waals surface area contributed by atoms with Crippen molar-refractivity contribution in [1.82, 2.24) is 9.97 Å². The summed E-state index contributed by atoms with van der Waals surface area (Å²) >= 11 is 0. The van der Waals surface area contributed by atoms with Gasteiger partial charge in [0.15, 0.2) is 0 Å². The van der Waals surface area contributed by atoms with Crippen LogP contribution in [0.15, 0.2) is 59.1 Å². The number of aromatic nitrogens is 2. The van der Waals surface area contributed by atoms with Crippen molar-refractivity contribution in [3.05, 3.63) is 66.2 Å². The van der Waals surface area contributed by atoms with E-state index in [9.17, 15) is 0 Å². The minimum atomic E-state index is 0.712. The van der Waals surface area contributed by atoms with Crippen LogP contribution in [0.5, 0.6) is 0 Å². The van der Waals surface area contributed by atoms with Crippen LogP contribution in [0.4, 0.5) is 5.82 Å². The first kappa shape index (κ1) is 12.1. The van der Waals surface area contributed by atoms with E-state index in [0.29, 0.717) is 5.89 Å². The summed E-state index contributed by atoms with van der Waals surface area (Å²) in [6, 6.07) is 16.0. The fourth-order valence-electron chi connectivity index (χ4n) is 2.64. The topological polar surface area (TPSA) is 42.2 Å². The van der Waals surface area contributed by atoms with Crippen molar-refractivity contribution in [2.24, 2.45) is 0 Å². The van der Waals surface area contributed by atoms with Crippen molar-refractivity contribution >= 4 is 5.82 Å². The molecule has 4 heteroatoms. The lowest BCUT2D eigenvalue weighted by molar-refractivity contribution is 0.498. The Labute approximate surface area is 123 Å². The van der Waals surface area contributed by atoms with Crippen LogP contribution in [0.2, 0.25) is 0 Å². The number of oxazole rings is 1. The number of pyridine rings is 1. The zero-order valence-corrected chi connectivity index (χ0v) is 11.6. The molecule has 0 fully saturated rings. The standard InChI is InChI=1S/C17H15N3O/c1-2-6-13(7-3-1)17-19-14-12-20(11-9-15(14)21-17)16-8-4-5-10-18-16/h1-8,10H,9,11-12H2. The van der Waals surface area contributed by atoms with Crippen LogP contribution in [0, 0.1) is 0 Å². The molecule has 0 bridgehead atoms. The minimum absolute atomic E-state index is 0.712. The van der Waals surface area contributed by atoms with Gasteiger partial charge in [-0.15, -0.1) is 0 Å². The molecule has 0 aliphatic carbocycles. The molecule has 0 unspecified atom stereocenters. The SMILES string of the molecule is c1ccc(-c2nc3c(o2)CCN(c2ccccn2)C3)cc1. The van der Waals surface area contributed by atoms with Crippen LogP contribution in [0.1, 0.15) is 11.5 Å². The molecule has 2 aromatic heterocycles. The van der Waals surface area contributed by atoms with Gasteiger partial charge in [0.2, 0.25) is 5.89 Å². The molecule has 3 aromatic rings. The van der Waals surface area contributed by atoms with Crippen LogP contribution in [0.25, 0.3) is 11.5 Å². The summed E-state index contributed by atoms with van der Waals surface area (Å²) in [6.07, 6.45) is 2.69. The lowest BCUT2D eigenvalue weighted by Crippen LogP contribution is -2.30. The summed E-state index contributed by atoms with van der Waals surface area (Å²) in [5.74, 6) is 2.71. The molecule has 0 saturated carbocycles. The van der Waals surface area contributed by atoms with E-state index in [1.807, 2.05) is 54.7 Å². The minimum Gasteiger partial charge on any atom is -0.441 e. The normalized spacial score (nSPS) is 14.0. The molecule has 0 N–H and O–H groups in total. The highest BCUT2D eigenvalue weighted by molar-refractivity contribution is 5.54. The van der Waals surface area contributed by atoms with Crippen LogP contribution in [-0.4, -0.2) is 16.5 Å². The average Bonchev–Trinajstić information content (AvgIpc) is 2.99. The van der Waals surface area contributed by atoms with E-state index >= 15 is 0 Å². The molecular formula is C17H15N3O. The molecule has 1 aliphatic rings. The van der Waals surface area contributed by atoms with E-state index in [-0.39, 0.29) is 0 Å². The van der Waals surface area contributed by atoms with Crippen LogP contribution < -0.4 is 4.90 Å². The third-order valence-electron chi connectivity index (χ3n) is 3.72. The lowest BCUT2D eigenvalue weighted by atomic mass is 10.1. The van der Waals surface area contributed by atoms with Gasteiger partial charge in [-0.1, -0.05) is 24.3 Å². The third kappa shape index (κ3) is 2.29. The fraction of sp³-hybridized carbons (Fsp3) is 0.176. The highest BCUT2D eigenvalue weighted by atomic mass is 16.4. The second-order valence-electron chi connectivity index (χ2n) is 5.11. The third-order valence-corrected chi connectivity index (χ3v) is 3.72. The summed E-state index contributed by atoms with van der Waals surface area (Å²) in [7, 11) is 0. The number of rotatable bonds is 2. The number of benzene rings is 1. The summed E-state index contributed by atoms with van der Waals surface area (Å²) in [4.78, 5) is 11.3. The van der Waals surface area contributed by atoms with Gasteiger partial charge < -0.3 is 9.32 Å². The fourth-order valence-corrected chi connectivity index (χ4v) is 2.64. The van der Waals surface area contributed by atoms with Gasteiger partial charge in [-0.2, -0.15) is 0 Å². The molecule has 0 amide bonds. The number of hydrogen-bond donors (Lipinski definition) is 0. The zero-order valence-electron chi connectivity index (χ0n) is 11.6. The second-order valence-corrected chi connectivity index (χ2v) is 5.11. The van der Waals surface area contributed by atoms with Crippen molar-refractivity contribution in [2.75, 3.05) is 11.4 Å². The first-order valence-corrected chi connectivity index (χ1v) is 7.10. The average molecular weight is 277 g/mol. The molecule has 1 aliphatic heterocycles. The van der Waals surface area contributed by atoms with E-state index in [1.165, 1.54) is 0 Å².